The smallest absolute Gasteiger partial charge is 3.00 e. The summed E-state index contributed by atoms with van der Waals surface area (Å²) in [5, 5.41) is 0. The molecule has 0 rings (SSSR count). The van der Waals surface area contributed by atoms with Crippen LogP contribution in [0.25, 0.3) is 0 Å². The fourth-order valence-corrected chi connectivity index (χ4v) is 0. The molecule has 0 saturated heterocycles. The molecule has 0 unspecified atom stereocenters. The molecule has 0 aliphatic carbocycles. The van der Waals surface area contributed by atoms with Crippen molar-refractivity contribution in [2.75, 3.05) is 0 Å². The van der Waals surface area contributed by atoms with Crippen LogP contribution in [0.15, 0.2) is 0 Å². The van der Waals surface area contributed by atoms with Crippen LogP contribution in [0, 0.1) is 0 Å². The molecular formula is H4AsFeO6. The van der Waals surface area contributed by atoms with Crippen molar-refractivity contribution in [1.29, 1.82) is 0 Å². The van der Waals surface area contributed by atoms with Gasteiger partial charge in [-0.3, -0.25) is 0 Å². The van der Waals surface area contributed by atoms with Crippen molar-refractivity contribution in [2.45, 2.75) is 0 Å². The number of rotatable bonds is 0. The van der Waals surface area contributed by atoms with Crippen LogP contribution in [0.1, 0.15) is 0 Å². The van der Waals surface area contributed by atoms with Crippen molar-refractivity contribution in [1.82, 2.24) is 0 Å². The van der Waals surface area contributed by atoms with Gasteiger partial charge < -0.3 is 11.0 Å². The van der Waals surface area contributed by atoms with E-state index >= 15 is 0 Å². The van der Waals surface area contributed by atoms with Crippen LogP contribution in [0.3, 0.4) is 0 Å². The van der Waals surface area contributed by atoms with Crippen molar-refractivity contribution < 1.29 is 44.0 Å². The van der Waals surface area contributed by atoms with Crippen molar-refractivity contribution in [3.05, 3.63) is 0 Å². The fourth-order valence-electron chi connectivity index (χ4n) is 0. The van der Waals surface area contributed by atoms with Crippen molar-refractivity contribution in [3.8, 4) is 0 Å². The third-order valence-electron chi connectivity index (χ3n) is 0. The molecule has 1 radical (unpaired) electrons. The Kier molecular flexibility index (Phi) is 22.4. The van der Waals surface area contributed by atoms with Crippen molar-refractivity contribution in [2.24, 2.45) is 0 Å². The summed E-state index contributed by atoms with van der Waals surface area (Å²) in [7, 11) is 0. The van der Waals surface area contributed by atoms with Gasteiger partial charge in [-0.25, -0.2) is 0 Å². The van der Waals surface area contributed by atoms with Crippen LogP contribution in [0.4, 0.5) is 0 Å². The standard InChI is InChI=1S/AsH3O4.Fe.2H2O/c2-1(3,4)5;;;/h(H3,2,3,4,5);;2*1H2/q;+3;;/p-3. The number of hydrogen-bond acceptors (Lipinski definition) is 4. The van der Waals surface area contributed by atoms with Gasteiger partial charge in [-0.2, -0.15) is 0 Å². The third kappa shape index (κ3) is 468. The maximum absolute atomic E-state index is 8.61. The first-order valence-electron chi connectivity index (χ1n) is 0.730. The maximum Gasteiger partial charge on any atom is 3.00 e. The van der Waals surface area contributed by atoms with E-state index in [9.17, 15) is 0 Å². The minimum absolute atomic E-state index is 0. The SMILES string of the molecule is O.O.O=[As]([O-])([O-])[O-].[Fe+3]. The molecule has 0 saturated carbocycles. The zero-order chi connectivity index (χ0) is 4.50. The Morgan fingerprint density at radius 1 is 1.00 bits per heavy atom. The zero-order valence-corrected chi connectivity index (χ0v) is 6.41. The van der Waals surface area contributed by atoms with E-state index in [1.54, 1.807) is 0 Å². The van der Waals surface area contributed by atoms with Gasteiger partial charge in [0.2, 0.25) is 0 Å². The molecule has 0 bridgehead atoms. The molecule has 0 aliphatic heterocycles. The van der Waals surface area contributed by atoms with E-state index in [0.29, 0.717) is 0 Å². The predicted octanol–water partition coefficient (Wildman–Crippen LogP) is -5.72. The molecule has 0 aromatic carbocycles. The zero-order valence-electron chi connectivity index (χ0n) is 3.43. The molecule has 0 heterocycles. The summed E-state index contributed by atoms with van der Waals surface area (Å²) in [6.07, 6.45) is 0. The Balaban J connectivity index is -0.0000000267. The first kappa shape index (κ1) is 23.4. The van der Waals surface area contributed by atoms with E-state index in [1.807, 2.05) is 0 Å². The van der Waals surface area contributed by atoms with Gasteiger partial charge in [0.1, 0.15) is 0 Å². The van der Waals surface area contributed by atoms with Crippen LogP contribution in [0.2, 0.25) is 0 Å². The van der Waals surface area contributed by atoms with Crippen molar-refractivity contribution >= 4 is 14.5 Å². The second-order valence-corrected chi connectivity index (χ2v) is 2.32. The summed E-state index contributed by atoms with van der Waals surface area (Å²) in [6, 6.07) is 0. The molecule has 0 atom stereocenters. The normalized spacial score (nSPS) is 7.38. The molecule has 4 N–H and O–H groups in total. The average molecular weight is 231 g/mol. The van der Waals surface area contributed by atoms with Crippen LogP contribution >= 0.6 is 0 Å². The summed E-state index contributed by atoms with van der Waals surface area (Å²) in [4.78, 5) is 0. The van der Waals surface area contributed by atoms with Gasteiger partial charge in [0.15, 0.2) is 0 Å². The largest absolute Gasteiger partial charge is 3.00 e. The van der Waals surface area contributed by atoms with Gasteiger partial charge >= 0.3 is 47.6 Å². The fraction of sp³-hybridized carbons (Fsp3) is 0. The van der Waals surface area contributed by atoms with Gasteiger partial charge in [0, 0.05) is 0 Å². The Morgan fingerprint density at radius 3 is 1.00 bits per heavy atom. The van der Waals surface area contributed by atoms with Gasteiger partial charge in [-0.05, 0) is 0 Å². The van der Waals surface area contributed by atoms with Crippen molar-refractivity contribution in [3.63, 3.8) is 0 Å². The Hall–Kier alpha value is 0.678. The first-order valence-corrected chi connectivity index (χ1v) is 3.79. The topological polar surface area (TPSA) is 149 Å². The molecule has 0 spiro atoms. The van der Waals surface area contributed by atoms with Crippen LogP contribution < -0.4 is 12.3 Å². The third-order valence-corrected chi connectivity index (χ3v) is 0. The van der Waals surface area contributed by atoms with E-state index in [0.717, 1.165) is 0 Å². The second kappa shape index (κ2) is 7.68. The minimum atomic E-state index is -5.88. The van der Waals surface area contributed by atoms with E-state index in [1.165, 1.54) is 0 Å². The quantitative estimate of drug-likeness (QED) is 0.381. The Bertz CT molecular complexity index is 54.7. The molecule has 8 heteroatoms. The molecule has 0 amide bonds. The van der Waals surface area contributed by atoms with E-state index < -0.39 is 14.5 Å². The van der Waals surface area contributed by atoms with Crippen LogP contribution in [0.5, 0.6) is 0 Å². The molecule has 0 fully saturated rings. The van der Waals surface area contributed by atoms with E-state index in [2.05, 4.69) is 0 Å². The molecular weight excluding hydrogens is 227 g/mol. The van der Waals surface area contributed by atoms with E-state index in [-0.39, 0.29) is 28.0 Å². The van der Waals surface area contributed by atoms with Crippen LogP contribution in [-0.2, 0) is 20.8 Å². The van der Waals surface area contributed by atoms with Crippen LogP contribution in [-0.4, -0.2) is 25.5 Å². The minimum Gasteiger partial charge on any atom is 3.00 e. The summed E-state index contributed by atoms with van der Waals surface area (Å²) in [5.41, 5.74) is 0. The molecule has 53 valence electrons. The summed E-state index contributed by atoms with van der Waals surface area (Å²) in [6.45, 7) is 0. The monoisotopic (exact) mass is 231 g/mol. The molecule has 0 aromatic heterocycles. The number of hydrogen-bond donors (Lipinski definition) is 0. The predicted molar refractivity (Wildman–Crippen MR) is 13.7 cm³/mol. The second-order valence-electron chi connectivity index (χ2n) is 0.447. The Labute approximate surface area is 59.0 Å². The summed E-state index contributed by atoms with van der Waals surface area (Å²) >= 11 is -5.88. The molecule has 8 heavy (non-hydrogen) atoms. The maximum atomic E-state index is 8.61. The summed E-state index contributed by atoms with van der Waals surface area (Å²) < 4.78 is 34.4. The van der Waals surface area contributed by atoms with Gasteiger partial charge in [0.25, 0.3) is 0 Å². The Morgan fingerprint density at radius 2 is 1.00 bits per heavy atom. The molecule has 6 nitrogen and oxygen atoms in total. The van der Waals surface area contributed by atoms with Gasteiger partial charge in [0.05, 0.1) is 0 Å². The van der Waals surface area contributed by atoms with Gasteiger partial charge in [-0.15, -0.1) is 0 Å². The molecule has 0 aromatic rings. The van der Waals surface area contributed by atoms with Gasteiger partial charge in [-0.1, -0.05) is 0 Å². The first-order chi connectivity index (χ1) is 2.00. The average Bonchev–Trinajstić information content (AvgIpc) is 0.722. The summed E-state index contributed by atoms with van der Waals surface area (Å²) in [5.74, 6) is 0. The molecule has 0 aliphatic rings. The van der Waals surface area contributed by atoms with E-state index in [4.69, 9.17) is 16.0 Å².